The standard InChI is InChI=1S/C23H25ClF3N3/c1-3-15(4-7-20(28)23(25,26)27)8-13-30-18-6-5-16(24)14-17(18)21-19(30)9-12-29(2)22(21)10-11-22/h3-7,14H,1,8-13,28H2,2H3/b15-4+,20-7-. The van der Waals surface area contributed by atoms with Gasteiger partial charge in [-0.1, -0.05) is 30.3 Å². The van der Waals surface area contributed by atoms with Crippen LogP contribution in [0.4, 0.5) is 13.2 Å². The zero-order valence-corrected chi connectivity index (χ0v) is 17.7. The van der Waals surface area contributed by atoms with Crippen molar-refractivity contribution in [2.24, 2.45) is 5.73 Å². The Bertz CT molecular complexity index is 1060. The van der Waals surface area contributed by atoms with E-state index in [-0.39, 0.29) is 5.54 Å². The van der Waals surface area contributed by atoms with Crippen molar-refractivity contribution in [3.05, 3.63) is 70.6 Å². The average Bonchev–Trinajstić information content (AvgIpc) is 3.41. The summed E-state index contributed by atoms with van der Waals surface area (Å²) in [6, 6.07) is 5.99. The summed E-state index contributed by atoms with van der Waals surface area (Å²) in [5.74, 6) is 0. The molecule has 1 aliphatic carbocycles. The van der Waals surface area contributed by atoms with Crippen LogP contribution in [0, 0.1) is 0 Å². The van der Waals surface area contributed by atoms with Gasteiger partial charge in [0.05, 0.1) is 0 Å². The van der Waals surface area contributed by atoms with Crippen LogP contribution in [0.5, 0.6) is 0 Å². The number of hydrogen-bond acceptors (Lipinski definition) is 2. The van der Waals surface area contributed by atoms with E-state index in [1.165, 1.54) is 22.7 Å². The van der Waals surface area contributed by atoms with Crippen LogP contribution in [-0.2, 0) is 18.5 Å². The lowest BCUT2D eigenvalue weighted by molar-refractivity contribution is -0.0926. The maximum atomic E-state index is 12.7. The monoisotopic (exact) mass is 435 g/mol. The van der Waals surface area contributed by atoms with Crippen LogP contribution in [0.1, 0.15) is 30.5 Å². The van der Waals surface area contributed by atoms with Crippen molar-refractivity contribution in [2.75, 3.05) is 13.6 Å². The molecule has 0 amide bonds. The zero-order chi connectivity index (χ0) is 21.7. The number of halogens is 4. The molecule has 4 rings (SSSR count). The summed E-state index contributed by atoms with van der Waals surface area (Å²) in [5, 5.41) is 1.90. The average molecular weight is 436 g/mol. The highest BCUT2D eigenvalue weighted by Gasteiger charge is 2.52. The highest BCUT2D eigenvalue weighted by Crippen LogP contribution is 2.56. The van der Waals surface area contributed by atoms with E-state index in [1.54, 1.807) is 6.08 Å². The Morgan fingerprint density at radius 2 is 2.03 bits per heavy atom. The molecule has 1 spiro atoms. The fourth-order valence-electron chi connectivity index (χ4n) is 4.63. The first-order valence-electron chi connectivity index (χ1n) is 10.1. The Morgan fingerprint density at radius 1 is 1.30 bits per heavy atom. The largest absolute Gasteiger partial charge is 0.430 e. The topological polar surface area (TPSA) is 34.2 Å². The number of aryl methyl sites for hydroxylation is 1. The van der Waals surface area contributed by atoms with Crippen LogP contribution in [0.25, 0.3) is 10.9 Å². The third-order valence-corrected chi connectivity index (χ3v) is 6.66. The third kappa shape index (κ3) is 3.56. The first-order chi connectivity index (χ1) is 14.2. The van der Waals surface area contributed by atoms with Crippen molar-refractivity contribution in [2.45, 2.75) is 43.9 Å². The van der Waals surface area contributed by atoms with Gasteiger partial charge in [0.15, 0.2) is 0 Å². The van der Waals surface area contributed by atoms with Crippen LogP contribution < -0.4 is 5.73 Å². The van der Waals surface area contributed by atoms with E-state index < -0.39 is 11.9 Å². The van der Waals surface area contributed by atoms with Gasteiger partial charge in [0, 0.05) is 52.2 Å². The number of alkyl halides is 3. The van der Waals surface area contributed by atoms with Crippen molar-refractivity contribution >= 4 is 22.5 Å². The van der Waals surface area contributed by atoms with Crippen molar-refractivity contribution in [3.8, 4) is 0 Å². The van der Waals surface area contributed by atoms with Gasteiger partial charge < -0.3 is 10.3 Å². The molecule has 0 unspecified atom stereocenters. The molecule has 2 N–H and O–H groups in total. The van der Waals surface area contributed by atoms with Crippen LogP contribution in [0.15, 0.2) is 54.3 Å². The molecule has 1 fully saturated rings. The normalized spacial score (nSPS) is 19.4. The highest BCUT2D eigenvalue weighted by atomic mass is 35.5. The van der Waals surface area contributed by atoms with Crippen molar-refractivity contribution in [1.82, 2.24) is 9.47 Å². The molecule has 0 bridgehead atoms. The summed E-state index contributed by atoms with van der Waals surface area (Å²) in [6.07, 6.45) is 3.16. The number of nitrogens with two attached hydrogens (primary N) is 1. The molecule has 30 heavy (non-hydrogen) atoms. The Morgan fingerprint density at radius 3 is 2.67 bits per heavy atom. The lowest BCUT2D eigenvalue weighted by Crippen LogP contribution is -2.38. The minimum Gasteiger partial charge on any atom is -0.395 e. The zero-order valence-electron chi connectivity index (χ0n) is 16.9. The number of allylic oxidation sites excluding steroid dienone is 5. The second kappa shape index (κ2) is 7.50. The van der Waals surface area contributed by atoms with E-state index in [2.05, 4.69) is 23.1 Å². The molecular formula is C23H25ClF3N3. The van der Waals surface area contributed by atoms with Gasteiger partial charge in [0.1, 0.15) is 5.70 Å². The minimum atomic E-state index is -4.53. The second-order valence-electron chi connectivity index (χ2n) is 8.15. The van der Waals surface area contributed by atoms with E-state index in [9.17, 15) is 13.2 Å². The predicted molar refractivity (Wildman–Crippen MR) is 115 cm³/mol. The molecule has 0 atom stereocenters. The van der Waals surface area contributed by atoms with E-state index in [1.807, 2.05) is 18.2 Å². The molecule has 1 aliphatic heterocycles. The molecule has 2 aromatic rings. The lowest BCUT2D eigenvalue weighted by atomic mass is 9.94. The molecule has 7 heteroatoms. The van der Waals surface area contributed by atoms with Crippen molar-refractivity contribution < 1.29 is 13.2 Å². The molecular weight excluding hydrogens is 411 g/mol. The Balaban J connectivity index is 1.70. The van der Waals surface area contributed by atoms with Crippen molar-refractivity contribution in [1.29, 1.82) is 0 Å². The highest BCUT2D eigenvalue weighted by molar-refractivity contribution is 6.31. The number of likely N-dealkylation sites (N-methyl/N-ethyl adjacent to an activating group) is 1. The fraction of sp³-hybridized carbons (Fsp3) is 0.391. The minimum absolute atomic E-state index is 0.1000. The molecule has 3 nitrogen and oxygen atoms in total. The number of benzene rings is 1. The van der Waals surface area contributed by atoms with Gasteiger partial charge in [-0.3, -0.25) is 4.90 Å². The van der Waals surface area contributed by atoms with Crippen LogP contribution >= 0.6 is 11.6 Å². The van der Waals surface area contributed by atoms with E-state index in [0.717, 1.165) is 37.4 Å². The number of nitrogens with zero attached hydrogens (tertiary/aromatic N) is 2. The van der Waals surface area contributed by atoms with Gasteiger partial charge in [0.2, 0.25) is 0 Å². The maximum Gasteiger partial charge on any atom is 0.430 e. The first kappa shape index (κ1) is 21.1. The summed E-state index contributed by atoms with van der Waals surface area (Å²) in [4.78, 5) is 2.44. The van der Waals surface area contributed by atoms with Gasteiger partial charge >= 0.3 is 6.18 Å². The molecule has 0 saturated heterocycles. The maximum absolute atomic E-state index is 12.7. The number of rotatable bonds is 5. The van der Waals surface area contributed by atoms with E-state index >= 15 is 0 Å². The SMILES string of the molecule is C=C/C(=C\C=C(/N)C(F)(F)F)CCn1c2c(c3cc(Cl)ccc31)C1(CC1)N(C)CC2. The fourth-order valence-corrected chi connectivity index (χ4v) is 4.80. The van der Waals surface area contributed by atoms with Crippen LogP contribution in [-0.4, -0.2) is 29.2 Å². The molecule has 1 saturated carbocycles. The molecule has 1 aromatic carbocycles. The van der Waals surface area contributed by atoms with Crippen molar-refractivity contribution in [3.63, 3.8) is 0 Å². The van der Waals surface area contributed by atoms with E-state index in [4.69, 9.17) is 17.3 Å². The quantitative estimate of drug-likeness (QED) is 0.613. The molecule has 2 heterocycles. The van der Waals surface area contributed by atoms with Crippen LogP contribution in [0.3, 0.4) is 0 Å². The molecule has 2 aliphatic rings. The second-order valence-corrected chi connectivity index (χ2v) is 8.59. The first-order valence-corrected chi connectivity index (χ1v) is 10.4. The molecule has 160 valence electrons. The molecule has 0 radical (unpaired) electrons. The number of fused-ring (bicyclic) bond motifs is 4. The van der Waals surface area contributed by atoms with Gasteiger partial charge in [-0.15, -0.1) is 0 Å². The summed E-state index contributed by atoms with van der Waals surface area (Å²) in [5.41, 5.74) is 8.62. The summed E-state index contributed by atoms with van der Waals surface area (Å²) >= 11 is 6.32. The Kier molecular flexibility index (Phi) is 5.27. The number of aromatic nitrogens is 1. The smallest absolute Gasteiger partial charge is 0.395 e. The third-order valence-electron chi connectivity index (χ3n) is 6.43. The number of hydrogen-bond donors (Lipinski definition) is 1. The van der Waals surface area contributed by atoms with Gasteiger partial charge in [-0.25, -0.2) is 0 Å². The predicted octanol–water partition coefficient (Wildman–Crippen LogP) is 5.68. The Hall–Kier alpha value is -2.18. The summed E-state index contributed by atoms with van der Waals surface area (Å²) in [6.45, 7) is 5.40. The summed E-state index contributed by atoms with van der Waals surface area (Å²) < 4.78 is 40.3. The van der Waals surface area contributed by atoms with Gasteiger partial charge in [-0.05, 0) is 56.2 Å². The van der Waals surface area contributed by atoms with Crippen LogP contribution in [0.2, 0.25) is 5.02 Å². The molecule has 1 aromatic heterocycles. The lowest BCUT2D eigenvalue weighted by Gasteiger charge is -2.34. The summed E-state index contributed by atoms with van der Waals surface area (Å²) in [7, 11) is 2.18. The van der Waals surface area contributed by atoms with Gasteiger partial charge in [0.25, 0.3) is 0 Å². The Labute approximate surface area is 179 Å². The van der Waals surface area contributed by atoms with Gasteiger partial charge in [-0.2, -0.15) is 13.2 Å². The van der Waals surface area contributed by atoms with E-state index in [0.29, 0.717) is 23.6 Å².